The molecule has 0 bridgehead atoms. The minimum absolute atomic E-state index is 0.827. The number of anilines is 1. The Bertz CT molecular complexity index is 480. The number of ether oxygens (including phenoxy) is 1. The quantitative estimate of drug-likeness (QED) is 0.885. The van der Waals surface area contributed by atoms with E-state index in [1.807, 2.05) is 12.1 Å². The maximum absolute atomic E-state index is 7.00. The van der Waals surface area contributed by atoms with Crippen LogP contribution in [-0.2, 0) is 6.54 Å². The fourth-order valence-electron chi connectivity index (χ4n) is 1.70. The molecule has 0 heterocycles. The van der Waals surface area contributed by atoms with Crippen molar-refractivity contribution >= 4 is 5.69 Å². The molecule has 0 saturated heterocycles. The monoisotopic (exact) mass is 259 g/mol. The zero-order chi connectivity index (χ0) is 14.1. The molecule has 2 aromatic carbocycles. The number of methoxy groups -OCH3 is 1. The highest BCUT2D eigenvalue weighted by molar-refractivity contribution is 5.46. The summed E-state index contributed by atoms with van der Waals surface area (Å²) >= 11 is 0. The van der Waals surface area contributed by atoms with E-state index in [1.165, 1.54) is 11.1 Å². The van der Waals surface area contributed by atoms with Gasteiger partial charge in [0.15, 0.2) is 0 Å². The lowest BCUT2D eigenvalue weighted by Crippen LogP contribution is -1.99. The molecule has 3 nitrogen and oxygen atoms in total. The second-order valence-corrected chi connectivity index (χ2v) is 4.07. The zero-order valence-electron chi connectivity index (χ0n) is 11.7. The first-order chi connectivity index (χ1) is 9.28. The SMILES string of the molecule is CO.COc1ccc(CNc2cccc(C)c2)cc1. The second kappa shape index (κ2) is 8.16. The van der Waals surface area contributed by atoms with Crippen LogP contribution in [0.2, 0.25) is 0 Å². The van der Waals surface area contributed by atoms with Crippen LogP contribution in [0.3, 0.4) is 0 Å². The Hall–Kier alpha value is -2.00. The van der Waals surface area contributed by atoms with Gasteiger partial charge in [0, 0.05) is 19.3 Å². The Balaban J connectivity index is 0.000000861. The topological polar surface area (TPSA) is 41.5 Å². The number of aliphatic hydroxyl groups is 1. The van der Waals surface area contributed by atoms with Gasteiger partial charge in [-0.3, -0.25) is 0 Å². The van der Waals surface area contributed by atoms with Crippen LogP contribution in [0.25, 0.3) is 0 Å². The van der Waals surface area contributed by atoms with Gasteiger partial charge in [0.1, 0.15) is 5.75 Å². The normalized spacial score (nSPS) is 9.26. The minimum Gasteiger partial charge on any atom is -0.497 e. The third-order valence-electron chi connectivity index (χ3n) is 2.67. The van der Waals surface area contributed by atoms with E-state index in [2.05, 4.69) is 48.6 Å². The predicted molar refractivity (Wildman–Crippen MR) is 79.6 cm³/mol. The summed E-state index contributed by atoms with van der Waals surface area (Å²) in [6.45, 7) is 2.92. The maximum atomic E-state index is 7.00. The molecular weight excluding hydrogens is 238 g/mol. The number of hydrogen-bond acceptors (Lipinski definition) is 3. The summed E-state index contributed by atoms with van der Waals surface area (Å²) in [6, 6.07) is 16.5. The van der Waals surface area contributed by atoms with Crippen LogP contribution in [0.4, 0.5) is 5.69 Å². The highest BCUT2D eigenvalue weighted by Crippen LogP contribution is 2.14. The van der Waals surface area contributed by atoms with E-state index in [1.54, 1.807) is 7.11 Å². The van der Waals surface area contributed by atoms with Gasteiger partial charge in [-0.2, -0.15) is 0 Å². The lowest BCUT2D eigenvalue weighted by atomic mass is 10.2. The summed E-state index contributed by atoms with van der Waals surface area (Å²) in [5, 5.41) is 10.4. The van der Waals surface area contributed by atoms with Crippen molar-refractivity contribution in [2.24, 2.45) is 0 Å². The Morgan fingerprint density at radius 2 is 1.74 bits per heavy atom. The fourth-order valence-corrected chi connectivity index (χ4v) is 1.70. The number of aryl methyl sites for hydroxylation is 1. The molecule has 2 aromatic rings. The smallest absolute Gasteiger partial charge is 0.118 e. The number of hydrogen-bond donors (Lipinski definition) is 2. The van der Waals surface area contributed by atoms with Crippen molar-refractivity contribution in [3.63, 3.8) is 0 Å². The molecule has 0 spiro atoms. The first kappa shape index (κ1) is 15.1. The van der Waals surface area contributed by atoms with Crippen molar-refractivity contribution < 1.29 is 9.84 Å². The largest absolute Gasteiger partial charge is 0.497 e. The van der Waals surface area contributed by atoms with E-state index in [4.69, 9.17) is 9.84 Å². The molecule has 3 heteroatoms. The molecule has 0 aromatic heterocycles. The van der Waals surface area contributed by atoms with Crippen LogP contribution in [0.1, 0.15) is 11.1 Å². The fraction of sp³-hybridized carbons (Fsp3) is 0.250. The van der Waals surface area contributed by atoms with E-state index in [9.17, 15) is 0 Å². The van der Waals surface area contributed by atoms with Gasteiger partial charge in [-0.1, -0.05) is 24.3 Å². The maximum Gasteiger partial charge on any atom is 0.118 e. The number of rotatable bonds is 4. The first-order valence-corrected chi connectivity index (χ1v) is 6.16. The Kier molecular flexibility index (Phi) is 6.47. The van der Waals surface area contributed by atoms with Gasteiger partial charge >= 0.3 is 0 Å². The Morgan fingerprint density at radius 3 is 2.32 bits per heavy atom. The van der Waals surface area contributed by atoms with Gasteiger partial charge in [-0.15, -0.1) is 0 Å². The molecule has 102 valence electrons. The average molecular weight is 259 g/mol. The number of aliphatic hydroxyl groups excluding tert-OH is 1. The molecule has 0 fully saturated rings. The highest BCUT2D eigenvalue weighted by atomic mass is 16.5. The molecule has 0 unspecified atom stereocenters. The minimum atomic E-state index is 0.827. The molecule has 0 radical (unpaired) electrons. The molecule has 0 aliphatic rings. The summed E-state index contributed by atoms with van der Waals surface area (Å²) in [6.07, 6.45) is 0. The summed E-state index contributed by atoms with van der Waals surface area (Å²) < 4.78 is 5.13. The van der Waals surface area contributed by atoms with Crippen LogP contribution in [0.5, 0.6) is 5.75 Å². The van der Waals surface area contributed by atoms with Crippen LogP contribution >= 0.6 is 0 Å². The van der Waals surface area contributed by atoms with E-state index in [0.717, 1.165) is 25.1 Å². The van der Waals surface area contributed by atoms with E-state index < -0.39 is 0 Å². The Morgan fingerprint density at radius 1 is 1.05 bits per heavy atom. The molecule has 0 saturated carbocycles. The summed E-state index contributed by atoms with van der Waals surface area (Å²) in [5.41, 5.74) is 3.66. The summed E-state index contributed by atoms with van der Waals surface area (Å²) in [4.78, 5) is 0. The third-order valence-corrected chi connectivity index (χ3v) is 2.67. The summed E-state index contributed by atoms with van der Waals surface area (Å²) in [7, 11) is 2.68. The van der Waals surface area contributed by atoms with E-state index in [0.29, 0.717) is 0 Å². The standard InChI is InChI=1S/C15H17NO.CH4O/c1-12-4-3-5-14(10-12)16-11-13-6-8-15(17-2)9-7-13;1-2/h3-10,16H,11H2,1-2H3;2H,1H3. The van der Waals surface area contributed by atoms with E-state index in [-0.39, 0.29) is 0 Å². The van der Waals surface area contributed by atoms with Crippen molar-refractivity contribution in [1.29, 1.82) is 0 Å². The molecule has 2 rings (SSSR count). The van der Waals surface area contributed by atoms with Crippen molar-refractivity contribution in [1.82, 2.24) is 0 Å². The van der Waals surface area contributed by atoms with Crippen molar-refractivity contribution in [3.05, 3.63) is 59.7 Å². The van der Waals surface area contributed by atoms with Gasteiger partial charge in [0.2, 0.25) is 0 Å². The van der Waals surface area contributed by atoms with Gasteiger partial charge in [0.25, 0.3) is 0 Å². The van der Waals surface area contributed by atoms with Crippen LogP contribution in [0, 0.1) is 6.92 Å². The number of benzene rings is 2. The zero-order valence-corrected chi connectivity index (χ0v) is 11.7. The van der Waals surface area contributed by atoms with Crippen molar-refractivity contribution in [3.8, 4) is 5.75 Å². The average Bonchev–Trinajstić information content (AvgIpc) is 2.48. The molecule has 2 N–H and O–H groups in total. The van der Waals surface area contributed by atoms with Gasteiger partial charge in [-0.05, 0) is 42.3 Å². The highest BCUT2D eigenvalue weighted by Gasteiger charge is 1.95. The molecular formula is C16H21NO2. The molecule has 0 aliphatic heterocycles. The van der Waals surface area contributed by atoms with Crippen molar-refractivity contribution in [2.45, 2.75) is 13.5 Å². The van der Waals surface area contributed by atoms with E-state index >= 15 is 0 Å². The molecule has 19 heavy (non-hydrogen) atoms. The van der Waals surface area contributed by atoms with Crippen molar-refractivity contribution in [2.75, 3.05) is 19.5 Å². The summed E-state index contributed by atoms with van der Waals surface area (Å²) in [5.74, 6) is 0.893. The molecule has 0 atom stereocenters. The Labute approximate surface area is 114 Å². The second-order valence-electron chi connectivity index (χ2n) is 4.07. The van der Waals surface area contributed by atoms with Crippen LogP contribution < -0.4 is 10.1 Å². The van der Waals surface area contributed by atoms with Gasteiger partial charge < -0.3 is 15.2 Å². The van der Waals surface area contributed by atoms with Crippen LogP contribution in [-0.4, -0.2) is 19.3 Å². The first-order valence-electron chi connectivity index (χ1n) is 6.16. The molecule has 0 amide bonds. The number of nitrogens with one attached hydrogen (secondary N) is 1. The predicted octanol–water partition coefficient (Wildman–Crippen LogP) is 3.22. The van der Waals surface area contributed by atoms with Crippen LogP contribution in [0.15, 0.2) is 48.5 Å². The van der Waals surface area contributed by atoms with Gasteiger partial charge in [-0.25, -0.2) is 0 Å². The lowest BCUT2D eigenvalue weighted by Gasteiger charge is -2.08. The third kappa shape index (κ3) is 5.02. The van der Waals surface area contributed by atoms with Gasteiger partial charge in [0.05, 0.1) is 7.11 Å². The lowest BCUT2D eigenvalue weighted by molar-refractivity contribution is 0.399. The molecule has 0 aliphatic carbocycles.